The lowest BCUT2D eigenvalue weighted by Crippen LogP contribution is -1.97. The molecule has 0 atom stereocenters. The standard InChI is InChI=1S/C12H10N2S/c1-2-7-13-11-5-3-10(4-6-11)12-14-8-9-15-12/h1,3-6,8-9,13H,7H2. The molecule has 0 aliphatic rings. The first-order chi connectivity index (χ1) is 7.40. The fraction of sp³-hybridized carbons (Fsp3) is 0.0833. The fourth-order valence-electron chi connectivity index (χ4n) is 1.25. The van der Waals surface area contributed by atoms with E-state index in [1.807, 2.05) is 35.8 Å². The number of anilines is 1. The second-order valence-electron chi connectivity index (χ2n) is 2.97. The summed E-state index contributed by atoms with van der Waals surface area (Å²) in [4.78, 5) is 4.24. The minimum absolute atomic E-state index is 0.552. The summed E-state index contributed by atoms with van der Waals surface area (Å²) in [5.74, 6) is 2.54. The summed E-state index contributed by atoms with van der Waals surface area (Å²) < 4.78 is 0. The first-order valence-electron chi connectivity index (χ1n) is 4.57. The molecule has 1 heterocycles. The first-order valence-corrected chi connectivity index (χ1v) is 5.45. The van der Waals surface area contributed by atoms with Crippen LogP contribution in [0.1, 0.15) is 0 Å². The topological polar surface area (TPSA) is 24.9 Å². The van der Waals surface area contributed by atoms with Crippen molar-refractivity contribution < 1.29 is 0 Å². The average Bonchev–Trinajstić information content (AvgIpc) is 2.80. The molecular weight excluding hydrogens is 204 g/mol. The van der Waals surface area contributed by atoms with E-state index in [2.05, 4.69) is 16.2 Å². The SMILES string of the molecule is C#CCNc1ccc(-c2nccs2)cc1. The van der Waals surface area contributed by atoms with E-state index in [9.17, 15) is 0 Å². The van der Waals surface area contributed by atoms with Gasteiger partial charge in [0.2, 0.25) is 0 Å². The Bertz CT molecular complexity index is 451. The maximum Gasteiger partial charge on any atom is 0.123 e. The Hall–Kier alpha value is -1.79. The summed E-state index contributed by atoms with van der Waals surface area (Å²) in [7, 11) is 0. The third-order valence-electron chi connectivity index (χ3n) is 1.96. The predicted molar refractivity (Wildman–Crippen MR) is 64.9 cm³/mol. The van der Waals surface area contributed by atoms with Crippen LogP contribution in [-0.4, -0.2) is 11.5 Å². The van der Waals surface area contributed by atoms with Gasteiger partial charge in [0.15, 0.2) is 0 Å². The molecule has 1 aromatic heterocycles. The minimum atomic E-state index is 0.552. The van der Waals surface area contributed by atoms with Crippen LogP contribution in [0.3, 0.4) is 0 Å². The molecule has 0 bridgehead atoms. The van der Waals surface area contributed by atoms with Crippen molar-refractivity contribution in [2.24, 2.45) is 0 Å². The predicted octanol–water partition coefficient (Wildman–Crippen LogP) is 2.86. The summed E-state index contributed by atoms with van der Waals surface area (Å²) in [6.07, 6.45) is 6.97. The molecule has 0 aliphatic heterocycles. The Morgan fingerprint density at radius 1 is 1.33 bits per heavy atom. The molecule has 0 saturated carbocycles. The van der Waals surface area contributed by atoms with Gasteiger partial charge in [0.25, 0.3) is 0 Å². The van der Waals surface area contributed by atoms with Crippen molar-refractivity contribution in [2.75, 3.05) is 11.9 Å². The van der Waals surface area contributed by atoms with Crippen LogP contribution in [0.25, 0.3) is 10.6 Å². The molecule has 1 aromatic carbocycles. The monoisotopic (exact) mass is 214 g/mol. The number of aromatic nitrogens is 1. The van der Waals surface area contributed by atoms with Crippen LogP contribution in [0, 0.1) is 12.3 Å². The van der Waals surface area contributed by atoms with E-state index in [-0.39, 0.29) is 0 Å². The van der Waals surface area contributed by atoms with E-state index >= 15 is 0 Å². The van der Waals surface area contributed by atoms with E-state index in [4.69, 9.17) is 6.42 Å². The Morgan fingerprint density at radius 2 is 2.13 bits per heavy atom. The van der Waals surface area contributed by atoms with Gasteiger partial charge in [-0.1, -0.05) is 5.92 Å². The highest BCUT2D eigenvalue weighted by atomic mass is 32.1. The van der Waals surface area contributed by atoms with Gasteiger partial charge in [0, 0.05) is 22.8 Å². The number of terminal acetylenes is 1. The maximum atomic E-state index is 5.16. The molecule has 0 saturated heterocycles. The molecule has 3 heteroatoms. The zero-order chi connectivity index (χ0) is 10.5. The van der Waals surface area contributed by atoms with Gasteiger partial charge in [-0.15, -0.1) is 17.8 Å². The molecule has 15 heavy (non-hydrogen) atoms. The van der Waals surface area contributed by atoms with Crippen molar-refractivity contribution >= 4 is 17.0 Å². The van der Waals surface area contributed by atoms with E-state index in [0.29, 0.717) is 6.54 Å². The Labute approximate surface area is 93.0 Å². The highest BCUT2D eigenvalue weighted by Crippen LogP contribution is 2.22. The quantitative estimate of drug-likeness (QED) is 0.795. The van der Waals surface area contributed by atoms with Gasteiger partial charge in [0.1, 0.15) is 5.01 Å². The van der Waals surface area contributed by atoms with E-state index in [1.54, 1.807) is 11.3 Å². The van der Waals surface area contributed by atoms with Gasteiger partial charge in [-0.3, -0.25) is 0 Å². The number of rotatable bonds is 3. The Balaban J connectivity index is 2.15. The molecule has 0 amide bonds. The highest BCUT2D eigenvalue weighted by molar-refractivity contribution is 7.13. The second kappa shape index (κ2) is 4.63. The van der Waals surface area contributed by atoms with Crippen LogP contribution >= 0.6 is 11.3 Å². The van der Waals surface area contributed by atoms with Gasteiger partial charge >= 0.3 is 0 Å². The van der Waals surface area contributed by atoms with Crippen LogP contribution in [0.15, 0.2) is 35.8 Å². The number of benzene rings is 1. The third-order valence-corrected chi connectivity index (χ3v) is 2.78. The van der Waals surface area contributed by atoms with E-state index < -0.39 is 0 Å². The van der Waals surface area contributed by atoms with Crippen LogP contribution in [0.4, 0.5) is 5.69 Å². The van der Waals surface area contributed by atoms with Gasteiger partial charge in [-0.25, -0.2) is 4.98 Å². The lowest BCUT2D eigenvalue weighted by molar-refractivity contribution is 1.37. The van der Waals surface area contributed by atoms with Crippen LogP contribution in [0.2, 0.25) is 0 Å². The van der Waals surface area contributed by atoms with Gasteiger partial charge in [-0.2, -0.15) is 0 Å². The van der Waals surface area contributed by atoms with Gasteiger partial charge in [0.05, 0.1) is 6.54 Å². The Kier molecular flexibility index (Phi) is 3.01. The van der Waals surface area contributed by atoms with E-state index in [1.165, 1.54) is 0 Å². The Morgan fingerprint density at radius 3 is 2.73 bits per heavy atom. The molecule has 0 spiro atoms. The van der Waals surface area contributed by atoms with Gasteiger partial charge < -0.3 is 5.32 Å². The molecule has 74 valence electrons. The summed E-state index contributed by atoms with van der Waals surface area (Å²) >= 11 is 1.64. The highest BCUT2D eigenvalue weighted by Gasteiger charge is 1.99. The first kappa shape index (κ1) is 9.75. The van der Waals surface area contributed by atoms with Crippen molar-refractivity contribution in [1.82, 2.24) is 4.98 Å². The normalized spacial score (nSPS) is 9.53. The lowest BCUT2D eigenvalue weighted by atomic mass is 10.2. The summed E-state index contributed by atoms with van der Waals surface area (Å²) in [6.45, 7) is 0.552. The van der Waals surface area contributed by atoms with E-state index in [0.717, 1.165) is 16.3 Å². The minimum Gasteiger partial charge on any atom is -0.374 e. The van der Waals surface area contributed by atoms with Crippen LogP contribution in [-0.2, 0) is 0 Å². The van der Waals surface area contributed by atoms with Crippen molar-refractivity contribution in [1.29, 1.82) is 0 Å². The third kappa shape index (κ3) is 2.36. The molecule has 0 fully saturated rings. The zero-order valence-corrected chi connectivity index (χ0v) is 8.92. The number of hydrogen-bond acceptors (Lipinski definition) is 3. The maximum absolute atomic E-state index is 5.16. The molecule has 0 aliphatic carbocycles. The number of thiazole rings is 1. The van der Waals surface area contributed by atoms with Crippen molar-refractivity contribution in [3.8, 4) is 22.9 Å². The van der Waals surface area contributed by atoms with Crippen molar-refractivity contribution in [3.05, 3.63) is 35.8 Å². The van der Waals surface area contributed by atoms with Crippen molar-refractivity contribution in [3.63, 3.8) is 0 Å². The molecule has 2 rings (SSSR count). The molecule has 1 N–H and O–H groups in total. The van der Waals surface area contributed by atoms with Crippen LogP contribution in [0.5, 0.6) is 0 Å². The molecule has 0 radical (unpaired) electrons. The van der Waals surface area contributed by atoms with Gasteiger partial charge in [-0.05, 0) is 24.3 Å². The molecule has 2 nitrogen and oxygen atoms in total. The average molecular weight is 214 g/mol. The summed E-state index contributed by atoms with van der Waals surface area (Å²) in [5.41, 5.74) is 2.17. The molecular formula is C12H10N2S. The number of nitrogens with zero attached hydrogens (tertiary/aromatic N) is 1. The van der Waals surface area contributed by atoms with Crippen molar-refractivity contribution in [2.45, 2.75) is 0 Å². The molecule has 0 unspecified atom stereocenters. The number of hydrogen-bond donors (Lipinski definition) is 1. The summed E-state index contributed by atoms with van der Waals surface area (Å²) in [6, 6.07) is 8.09. The second-order valence-corrected chi connectivity index (χ2v) is 3.87. The van der Waals surface area contributed by atoms with Crippen LogP contribution < -0.4 is 5.32 Å². The zero-order valence-electron chi connectivity index (χ0n) is 8.10. The largest absolute Gasteiger partial charge is 0.374 e. The number of nitrogens with one attached hydrogen (secondary N) is 1. The fourth-order valence-corrected chi connectivity index (χ4v) is 1.89. The lowest BCUT2D eigenvalue weighted by Gasteiger charge is -2.02. The summed E-state index contributed by atoms with van der Waals surface area (Å²) in [5, 5.41) is 6.13. The smallest absolute Gasteiger partial charge is 0.123 e. The molecule has 2 aromatic rings.